The van der Waals surface area contributed by atoms with Gasteiger partial charge in [0.25, 0.3) is 0 Å². The van der Waals surface area contributed by atoms with E-state index in [9.17, 15) is 0 Å². The molecule has 2 atom stereocenters. The Morgan fingerprint density at radius 2 is 2.40 bits per heavy atom. The molecule has 0 aliphatic heterocycles. The number of fused-ring (bicyclic) bond motifs is 2. The van der Waals surface area contributed by atoms with Gasteiger partial charge in [-0.15, -0.1) is 0 Å². The Hall–Kier alpha value is -0.170. The van der Waals surface area contributed by atoms with Crippen molar-refractivity contribution in [3.63, 3.8) is 0 Å². The third-order valence-electron chi connectivity index (χ3n) is 2.73. The first-order chi connectivity index (χ1) is 4.77. The average Bonchev–Trinajstić information content (AvgIpc) is 2.44. The van der Waals surface area contributed by atoms with Crippen molar-refractivity contribution in [2.75, 3.05) is 0 Å². The SMILES string of the molecule is CC(=S)C1=CC2CCC1C2. The van der Waals surface area contributed by atoms with Gasteiger partial charge in [-0.05, 0) is 43.6 Å². The third kappa shape index (κ3) is 0.842. The number of thiocarbonyl (C=S) groups is 1. The van der Waals surface area contributed by atoms with Crippen LogP contribution in [0.2, 0.25) is 0 Å². The van der Waals surface area contributed by atoms with Gasteiger partial charge >= 0.3 is 0 Å². The van der Waals surface area contributed by atoms with Crippen LogP contribution in [0.4, 0.5) is 0 Å². The maximum absolute atomic E-state index is 5.15. The van der Waals surface area contributed by atoms with Crippen LogP contribution in [0.15, 0.2) is 11.6 Å². The van der Waals surface area contributed by atoms with Gasteiger partial charge in [0, 0.05) is 4.86 Å². The van der Waals surface area contributed by atoms with Crippen molar-refractivity contribution in [2.24, 2.45) is 11.8 Å². The second kappa shape index (κ2) is 2.16. The van der Waals surface area contributed by atoms with Crippen LogP contribution in [0.5, 0.6) is 0 Å². The second-order valence-corrected chi connectivity index (χ2v) is 4.06. The molecule has 1 heteroatoms. The predicted octanol–water partition coefficient (Wildman–Crippen LogP) is 2.73. The van der Waals surface area contributed by atoms with Crippen LogP contribution in [0.25, 0.3) is 0 Å². The molecule has 10 heavy (non-hydrogen) atoms. The van der Waals surface area contributed by atoms with Crippen molar-refractivity contribution in [3.05, 3.63) is 11.6 Å². The molecule has 0 N–H and O–H groups in total. The third-order valence-corrected chi connectivity index (χ3v) is 2.97. The summed E-state index contributed by atoms with van der Waals surface area (Å²) >= 11 is 5.15. The van der Waals surface area contributed by atoms with Gasteiger partial charge in [0.1, 0.15) is 0 Å². The molecule has 0 aromatic rings. The molecule has 0 aromatic carbocycles. The van der Waals surface area contributed by atoms with Crippen molar-refractivity contribution >= 4 is 17.1 Å². The molecule has 0 spiro atoms. The van der Waals surface area contributed by atoms with Crippen molar-refractivity contribution in [3.8, 4) is 0 Å². The Morgan fingerprint density at radius 3 is 2.70 bits per heavy atom. The molecular formula is C9H12S. The van der Waals surface area contributed by atoms with E-state index in [1.807, 2.05) is 0 Å². The van der Waals surface area contributed by atoms with E-state index >= 15 is 0 Å². The summed E-state index contributed by atoms with van der Waals surface area (Å²) < 4.78 is 0. The monoisotopic (exact) mass is 152 g/mol. The van der Waals surface area contributed by atoms with Gasteiger partial charge in [-0.1, -0.05) is 18.3 Å². The van der Waals surface area contributed by atoms with Crippen LogP contribution >= 0.6 is 12.2 Å². The van der Waals surface area contributed by atoms with Gasteiger partial charge < -0.3 is 0 Å². The molecule has 1 fully saturated rings. The maximum atomic E-state index is 5.15. The minimum Gasteiger partial charge on any atom is -0.0849 e. The Balaban J connectivity index is 2.25. The fourth-order valence-electron chi connectivity index (χ4n) is 2.25. The average molecular weight is 152 g/mol. The fraction of sp³-hybridized carbons (Fsp3) is 0.667. The number of allylic oxidation sites excluding steroid dienone is 2. The Bertz CT molecular complexity index is 203. The number of hydrogen-bond acceptors (Lipinski definition) is 1. The Labute approximate surface area is 67.3 Å². The smallest absolute Gasteiger partial charge is 0.0152 e. The zero-order chi connectivity index (χ0) is 7.14. The molecule has 0 amide bonds. The van der Waals surface area contributed by atoms with Crippen LogP contribution in [-0.4, -0.2) is 4.86 Å². The summed E-state index contributed by atoms with van der Waals surface area (Å²) in [4.78, 5) is 1.13. The zero-order valence-electron chi connectivity index (χ0n) is 6.26. The molecule has 2 aliphatic rings. The minimum atomic E-state index is 0.850. The van der Waals surface area contributed by atoms with E-state index in [-0.39, 0.29) is 0 Å². The number of hydrogen-bond donors (Lipinski definition) is 0. The Kier molecular flexibility index (Phi) is 1.41. The van der Waals surface area contributed by atoms with E-state index in [1.165, 1.54) is 24.8 Å². The summed E-state index contributed by atoms with van der Waals surface area (Å²) in [6.07, 6.45) is 6.60. The van der Waals surface area contributed by atoms with Crippen molar-refractivity contribution in [1.29, 1.82) is 0 Å². The van der Waals surface area contributed by atoms with Crippen molar-refractivity contribution in [2.45, 2.75) is 26.2 Å². The van der Waals surface area contributed by atoms with E-state index in [1.54, 1.807) is 0 Å². The molecule has 54 valence electrons. The highest BCUT2D eigenvalue weighted by Gasteiger charge is 2.32. The summed E-state index contributed by atoms with van der Waals surface area (Å²) in [5.41, 5.74) is 1.49. The highest BCUT2D eigenvalue weighted by atomic mass is 32.1. The normalized spacial score (nSPS) is 36.3. The Morgan fingerprint density at radius 1 is 1.60 bits per heavy atom. The van der Waals surface area contributed by atoms with E-state index in [4.69, 9.17) is 12.2 Å². The largest absolute Gasteiger partial charge is 0.0849 e. The van der Waals surface area contributed by atoms with Gasteiger partial charge in [-0.3, -0.25) is 0 Å². The lowest BCUT2D eigenvalue weighted by Gasteiger charge is -2.10. The van der Waals surface area contributed by atoms with Crippen molar-refractivity contribution in [1.82, 2.24) is 0 Å². The van der Waals surface area contributed by atoms with Crippen LogP contribution in [0, 0.1) is 11.8 Å². The molecule has 2 aliphatic carbocycles. The van der Waals surface area contributed by atoms with E-state index in [0.29, 0.717) is 0 Å². The lowest BCUT2D eigenvalue weighted by molar-refractivity contribution is 0.679. The number of rotatable bonds is 1. The quantitative estimate of drug-likeness (QED) is 0.521. The summed E-state index contributed by atoms with van der Waals surface area (Å²) in [6, 6.07) is 0. The fourth-order valence-corrected chi connectivity index (χ4v) is 2.48. The molecule has 0 heterocycles. The molecule has 0 nitrogen and oxygen atoms in total. The predicted molar refractivity (Wildman–Crippen MR) is 47.2 cm³/mol. The molecule has 2 bridgehead atoms. The van der Waals surface area contributed by atoms with Gasteiger partial charge in [0.05, 0.1) is 0 Å². The van der Waals surface area contributed by atoms with Gasteiger partial charge in [-0.2, -0.15) is 0 Å². The first kappa shape index (κ1) is 6.53. The summed E-state index contributed by atoms with van der Waals surface area (Å²) in [5, 5.41) is 0. The molecular weight excluding hydrogens is 140 g/mol. The summed E-state index contributed by atoms with van der Waals surface area (Å²) in [5.74, 6) is 1.74. The van der Waals surface area contributed by atoms with Crippen LogP contribution in [0.3, 0.4) is 0 Å². The second-order valence-electron chi connectivity index (χ2n) is 3.45. The first-order valence-electron chi connectivity index (χ1n) is 4.00. The zero-order valence-corrected chi connectivity index (χ0v) is 7.08. The van der Waals surface area contributed by atoms with E-state index < -0.39 is 0 Å². The molecule has 2 unspecified atom stereocenters. The minimum absolute atomic E-state index is 0.850. The standard InChI is InChI=1S/C9H12S/c1-6(10)9-5-7-2-3-8(9)4-7/h5,7-8H,2-4H2,1H3. The van der Waals surface area contributed by atoms with Gasteiger partial charge in [-0.25, -0.2) is 0 Å². The lowest BCUT2D eigenvalue weighted by Crippen LogP contribution is -2.03. The first-order valence-corrected chi connectivity index (χ1v) is 4.41. The molecule has 2 rings (SSSR count). The molecule has 0 aromatic heterocycles. The van der Waals surface area contributed by atoms with Crippen molar-refractivity contribution < 1.29 is 0 Å². The highest BCUT2D eigenvalue weighted by molar-refractivity contribution is 7.80. The highest BCUT2D eigenvalue weighted by Crippen LogP contribution is 2.43. The van der Waals surface area contributed by atoms with Crippen LogP contribution in [0.1, 0.15) is 26.2 Å². The molecule has 0 radical (unpaired) electrons. The lowest BCUT2D eigenvalue weighted by atomic mass is 9.97. The summed E-state index contributed by atoms with van der Waals surface area (Å²) in [7, 11) is 0. The van der Waals surface area contributed by atoms with Gasteiger partial charge in [0.2, 0.25) is 0 Å². The maximum Gasteiger partial charge on any atom is 0.0152 e. The molecule has 1 saturated carbocycles. The van der Waals surface area contributed by atoms with E-state index in [0.717, 1.165) is 16.7 Å². The van der Waals surface area contributed by atoms with Crippen LogP contribution in [-0.2, 0) is 0 Å². The van der Waals surface area contributed by atoms with Gasteiger partial charge in [0.15, 0.2) is 0 Å². The summed E-state index contributed by atoms with van der Waals surface area (Å²) in [6.45, 7) is 2.06. The topological polar surface area (TPSA) is 0 Å². The van der Waals surface area contributed by atoms with Crippen LogP contribution < -0.4 is 0 Å². The molecule has 0 saturated heterocycles. The van der Waals surface area contributed by atoms with E-state index in [2.05, 4.69) is 13.0 Å².